The maximum absolute atomic E-state index is 12.5. The molecule has 0 aliphatic rings. The summed E-state index contributed by atoms with van der Waals surface area (Å²) in [4.78, 5) is 23.3. The molecule has 0 aliphatic heterocycles. The van der Waals surface area contributed by atoms with Crippen LogP contribution in [0.3, 0.4) is 0 Å². The number of nitrogens with two attached hydrogens (primary N) is 1. The van der Waals surface area contributed by atoms with Crippen molar-refractivity contribution in [2.24, 2.45) is 5.73 Å². The van der Waals surface area contributed by atoms with Crippen molar-refractivity contribution in [3.63, 3.8) is 0 Å². The van der Waals surface area contributed by atoms with E-state index in [2.05, 4.69) is 10.6 Å². The van der Waals surface area contributed by atoms with E-state index in [4.69, 9.17) is 15.2 Å². The van der Waals surface area contributed by atoms with Crippen LogP contribution in [0, 0.1) is 0 Å². The van der Waals surface area contributed by atoms with Crippen LogP contribution in [0.25, 0.3) is 0 Å². The van der Waals surface area contributed by atoms with Crippen molar-refractivity contribution in [1.82, 2.24) is 5.32 Å². The van der Waals surface area contributed by atoms with Crippen LogP contribution >= 0.6 is 0 Å². The van der Waals surface area contributed by atoms with Gasteiger partial charge >= 0.3 is 6.03 Å². The van der Waals surface area contributed by atoms with Crippen molar-refractivity contribution >= 4 is 17.6 Å². The van der Waals surface area contributed by atoms with Gasteiger partial charge in [-0.05, 0) is 43.7 Å². The highest BCUT2D eigenvalue weighted by atomic mass is 16.5. The van der Waals surface area contributed by atoms with E-state index in [9.17, 15) is 9.59 Å². The van der Waals surface area contributed by atoms with Gasteiger partial charge < -0.3 is 25.8 Å². The third-order valence-corrected chi connectivity index (χ3v) is 3.49. The van der Waals surface area contributed by atoms with Crippen LogP contribution in [-0.2, 0) is 6.54 Å². The zero-order valence-corrected chi connectivity index (χ0v) is 14.9. The maximum Gasteiger partial charge on any atom is 0.312 e. The number of ether oxygens (including phenoxy) is 2. The molecule has 0 radical (unpaired) electrons. The van der Waals surface area contributed by atoms with Gasteiger partial charge in [-0.1, -0.05) is 12.1 Å². The first-order valence-electron chi connectivity index (χ1n) is 8.36. The summed E-state index contributed by atoms with van der Waals surface area (Å²) in [5.74, 6) is 0.958. The topological polar surface area (TPSA) is 103 Å². The van der Waals surface area contributed by atoms with Crippen molar-refractivity contribution in [2.75, 3.05) is 18.5 Å². The summed E-state index contributed by atoms with van der Waals surface area (Å²) in [6, 6.07) is 11.6. The molecule has 2 rings (SSSR count). The van der Waals surface area contributed by atoms with E-state index >= 15 is 0 Å². The summed E-state index contributed by atoms with van der Waals surface area (Å²) in [5.41, 5.74) is 6.91. The Bertz CT molecular complexity index is 760. The number of nitrogens with one attached hydrogen (secondary N) is 2. The predicted octanol–water partition coefficient (Wildman–Crippen LogP) is 2.90. The molecule has 2 aromatic carbocycles. The number of urea groups is 1. The minimum Gasteiger partial charge on any atom is -0.494 e. The Balaban J connectivity index is 2.12. The number of amides is 3. The Morgan fingerprint density at radius 1 is 1.00 bits per heavy atom. The van der Waals surface area contributed by atoms with Crippen molar-refractivity contribution in [2.45, 2.75) is 20.4 Å². The molecule has 0 atom stereocenters. The molecule has 0 heterocycles. The first kappa shape index (κ1) is 19.1. The molecular formula is C19H23N3O4. The Kier molecular flexibility index (Phi) is 6.84. The molecule has 138 valence electrons. The molecule has 0 bridgehead atoms. The first-order valence-corrected chi connectivity index (χ1v) is 8.36. The van der Waals surface area contributed by atoms with Gasteiger partial charge in [0.05, 0.1) is 18.9 Å². The van der Waals surface area contributed by atoms with Gasteiger partial charge in [0.25, 0.3) is 5.91 Å². The van der Waals surface area contributed by atoms with Crippen LogP contribution < -0.4 is 25.8 Å². The minimum atomic E-state index is -0.593. The third kappa shape index (κ3) is 5.41. The second-order valence-electron chi connectivity index (χ2n) is 5.39. The first-order chi connectivity index (χ1) is 12.5. The van der Waals surface area contributed by atoms with Gasteiger partial charge in [0.1, 0.15) is 11.5 Å². The van der Waals surface area contributed by atoms with E-state index in [1.54, 1.807) is 42.5 Å². The van der Waals surface area contributed by atoms with Gasteiger partial charge in [-0.25, -0.2) is 4.79 Å². The van der Waals surface area contributed by atoms with Crippen molar-refractivity contribution in [1.29, 1.82) is 0 Å². The second kappa shape index (κ2) is 9.31. The van der Waals surface area contributed by atoms with Crippen LogP contribution in [0.4, 0.5) is 10.5 Å². The van der Waals surface area contributed by atoms with E-state index in [0.29, 0.717) is 42.5 Å². The van der Waals surface area contributed by atoms with E-state index < -0.39 is 6.03 Å². The van der Waals surface area contributed by atoms with Gasteiger partial charge in [0, 0.05) is 18.2 Å². The normalized spacial score (nSPS) is 10.1. The van der Waals surface area contributed by atoms with E-state index in [-0.39, 0.29) is 5.91 Å². The van der Waals surface area contributed by atoms with Crippen molar-refractivity contribution < 1.29 is 19.1 Å². The summed E-state index contributed by atoms with van der Waals surface area (Å²) < 4.78 is 11.0. The number of hydrogen-bond donors (Lipinski definition) is 3. The highest BCUT2D eigenvalue weighted by Gasteiger charge is 2.11. The van der Waals surface area contributed by atoms with E-state index in [1.165, 1.54) is 0 Å². The molecule has 0 fully saturated rings. The van der Waals surface area contributed by atoms with Gasteiger partial charge in [-0.2, -0.15) is 0 Å². The summed E-state index contributed by atoms with van der Waals surface area (Å²) in [6.07, 6.45) is 0. The lowest BCUT2D eigenvalue weighted by molar-refractivity contribution is 0.102. The average molecular weight is 357 g/mol. The summed E-state index contributed by atoms with van der Waals surface area (Å²) in [6.45, 7) is 5.09. The van der Waals surface area contributed by atoms with Crippen molar-refractivity contribution in [3.8, 4) is 11.5 Å². The Morgan fingerprint density at radius 3 is 2.31 bits per heavy atom. The molecule has 7 heteroatoms. The lowest BCUT2D eigenvalue weighted by Gasteiger charge is -2.13. The molecule has 4 N–H and O–H groups in total. The predicted molar refractivity (Wildman–Crippen MR) is 99.6 cm³/mol. The Labute approximate surface area is 152 Å². The monoisotopic (exact) mass is 357 g/mol. The van der Waals surface area contributed by atoms with E-state index in [1.807, 2.05) is 13.8 Å². The highest BCUT2D eigenvalue weighted by molar-refractivity contribution is 6.05. The zero-order chi connectivity index (χ0) is 18.9. The number of carbonyl (C=O) groups excluding carboxylic acids is 2. The molecule has 3 amide bonds. The summed E-state index contributed by atoms with van der Waals surface area (Å²) in [7, 11) is 0. The molecule has 0 saturated carbocycles. The Hall–Kier alpha value is -3.22. The summed E-state index contributed by atoms with van der Waals surface area (Å²) in [5, 5.41) is 5.34. The molecule has 0 spiro atoms. The molecule has 7 nitrogen and oxygen atoms in total. The maximum atomic E-state index is 12.5. The number of hydrogen-bond acceptors (Lipinski definition) is 4. The van der Waals surface area contributed by atoms with Crippen LogP contribution in [0.5, 0.6) is 11.5 Å². The van der Waals surface area contributed by atoms with Gasteiger partial charge in [-0.15, -0.1) is 0 Å². The highest BCUT2D eigenvalue weighted by Crippen LogP contribution is 2.30. The van der Waals surface area contributed by atoms with Gasteiger partial charge in [0.15, 0.2) is 0 Å². The molecular weight excluding hydrogens is 334 g/mol. The SMILES string of the molecule is CCOc1ccc(OCC)c(NC(=O)c2ccc(CNC(N)=O)cc2)c1. The van der Waals surface area contributed by atoms with Crippen LogP contribution in [-0.4, -0.2) is 25.2 Å². The fraction of sp³-hybridized carbons (Fsp3) is 0.263. The quantitative estimate of drug-likeness (QED) is 0.676. The smallest absolute Gasteiger partial charge is 0.312 e. The minimum absolute atomic E-state index is 0.269. The fourth-order valence-corrected chi connectivity index (χ4v) is 2.30. The lowest BCUT2D eigenvalue weighted by atomic mass is 10.1. The van der Waals surface area contributed by atoms with Gasteiger partial charge in [-0.3, -0.25) is 4.79 Å². The summed E-state index contributed by atoms with van der Waals surface area (Å²) >= 11 is 0. The van der Waals surface area contributed by atoms with E-state index in [0.717, 1.165) is 5.56 Å². The lowest BCUT2D eigenvalue weighted by Crippen LogP contribution is -2.28. The van der Waals surface area contributed by atoms with Gasteiger partial charge in [0.2, 0.25) is 0 Å². The molecule has 0 aliphatic carbocycles. The zero-order valence-electron chi connectivity index (χ0n) is 14.9. The number of anilines is 1. The largest absolute Gasteiger partial charge is 0.494 e. The average Bonchev–Trinajstić information content (AvgIpc) is 2.63. The number of carbonyl (C=O) groups is 2. The molecule has 26 heavy (non-hydrogen) atoms. The standard InChI is InChI=1S/C19H23N3O4/c1-3-25-15-9-10-17(26-4-2)16(11-15)22-18(23)14-7-5-13(6-8-14)12-21-19(20)24/h5-11H,3-4,12H2,1-2H3,(H,22,23)(H3,20,21,24). The third-order valence-electron chi connectivity index (χ3n) is 3.49. The van der Waals surface area contributed by atoms with Crippen LogP contribution in [0.2, 0.25) is 0 Å². The number of benzene rings is 2. The number of rotatable bonds is 8. The molecule has 0 unspecified atom stereocenters. The van der Waals surface area contributed by atoms with Crippen molar-refractivity contribution in [3.05, 3.63) is 53.6 Å². The Morgan fingerprint density at radius 2 is 1.69 bits per heavy atom. The molecule has 0 aromatic heterocycles. The second-order valence-corrected chi connectivity index (χ2v) is 5.39. The van der Waals surface area contributed by atoms with Crippen LogP contribution in [0.1, 0.15) is 29.8 Å². The molecule has 2 aromatic rings. The van der Waals surface area contributed by atoms with Crippen LogP contribution in [0.15, 0.2) is 42.5 Å². The fourth-order valence-electron chi connectivity index (χ4n) is 2.30. The molecule has 0 saturated heterocycles. The number of primary amides is 1.